The first-order valence-electron chi connectivity index (χ1n) is 8.02. The van der Waals surface area contributed by atoms with E-state index in [1.165, 1.54) is 37.4 Å². The summed E-state index contributed by atoms with van der Waals surface area (Å²) < 4.78 is 31.7. The summed E-state index contributed by atoms with van der Waals surface area (Å²) in [5.74, 6) is -0.969. The maximum absolute atomic E-state index is 12.4. The number of benzene rings is 2. The van der Waals surface area contributed by atoms with E-state index in [4.69, 9.17) is 4.74 Å². The number of sulfonamides is 1. The van der Waals surface area contributed by atoms with Gasteiger partial charge in [-0.2, -0.15) is 0 Å². The molecule has 1 aliphatic rings. The van der Waals surface area contributed by atoms with Gasteiger partial charge in [0, 0.05) is 11.6 Å². The number of carbonyl (C=O) groups excluding carboxylic acids is 2. The maximum atomic E-state index is 12.4. The van der Waals surface area contributed by atoms with Crippen molar-refractivity contribution in [2.24, 2.45) is 0 Å². The third kappa shape index (κ3) is 4.02. The van der Waals surface area contributed by atoms with E-state index in [9.17, 15) is 18.0 Å². The molecule has 0 aromatic heterocycles. The Kier molecular flexibility index (Phi) is 4.94. The predicted molar refractivity (Wildman–Crippen MR) is 94.6 cm³/mol. The number of ether oxygens (including phenoxy) is 1. The van der Waals surface area contributed by atoms with Crippen molar-refractivity contribution in [3.8, 4) is 5.75 Å². The minimum absolute atomic E-state index is 0.0206. The van der Waals surface area contributed by atoms with Gasteiger partial charge < -0.3 is 10.1 Å². The van der Waals surface area contributed by atoms with Gasteiger partial charge in [0.05, 0.1) is 17.6 Å². The second-order valence-corrected chi connectivity index (χ2v) is 7.59. The average Bonchev–Trinajstić information content (AvgIpc) is 3.45. The molecular weight excluding hydrogens is 356 g/mol. The monoisotopic (exact) mass is 374 g/mol. The van der Waals surface area contributed by atoms with E-state index in [1.54, 1.807) is 18.2 Å². The standard InChI is InChI=1S/C18H18N2O5S/c1-25-16-11-12(17(21)19-13-8-9-13)7-10-15(16)18(22)20-26(23,24)14-5-3-2-4-6-14/h2-7,10-11,13H,8-9H2,1H3,(H,19,21)(H,20,22). The molecule has 2 aromatic carbocycles. The zero-order valence-electron chi connectivity index (χ0n) is 14.1. The lowest BCUT2D eigenvalue weighted by molar-refractivity contribution is 0.0945. The second-order valence-electron chi connectivity index (χ2n) is 5.91. The Balaban J connectivity index is 1.81. The minimum Gasteiger partial charge on any atom is -0.496 e. The molecule has 0 atom stereocenters. The molecule has 2 N–H and O–H groups in total. The fourth-order valence-electron chi connectivity index (χ4n) is 2.35. The Labute approximate surface area is 151 Å². The molecule has 0 bridgehead atoms. The molecule has 0 saturated heterocycles. The summed E-state index contributed by atoms with van der Waals surface area (Å²) in [4.78, 5) is 24.5. The van der Waals surface area contributed by atoms with Crippen LogP contribution in [0.25, 0.3) is 0 Å². The van der Waals surface area contributed by atoms with Crippen LogP contribution in [0.4, 0.5) is 0 Å². The Morgan fingerprint density at radius 1 is 1.04 bits per heavy atom. The van der Waals surface area contributed by atoms with E-state index in [1.807, 2.05) is 4.72 Å². The van der Waals surface area contributed by atoms with Gasteiger partial charge >= 0.3 is 0 Å². The fourth-order valence-corrected chi connectivity index (χ4v) is 3.34. The van der Waals surface area contributed by atoms with Crippen LogP contribution < -0.4 is 14.8 Å². The van der Waals surface area contributed by atoms with Crippen LogP contribution in [-0.4, -0.2) is 33.4 Å². The molecule has 136 valence electrons. The zero-order valence-corrected chi connectivity index (χ0v) is 14.9. The Bertz CT molecular complexity index is 937. The van der Waals surface area contributed by atoms with Crippen molar-refractivity contribution < 1.29 is 22.7 Å². The highest BCUT2D eigenvalue weighted by Gasteiger charge is 2.25. The summed E-state index contributed by atoms with van der Waals surface area (Å²) >= 11 is 0. The molecule has 1 saturated carbocycles. The fraction of sp³-hybridized carbons (Fsp3) is 0.222. The quantitative estimate of drug-likeness (QED) is 0.801. The molecule has 1 fully saturated rings. The van der Waals surface area contributed by atoms with Gasteiger partial charge in [-0.1, -0.05) is 18.2 Å². The predicted octanol–water partition coefficient (Wildman–Crippen LogP) is 1.71. The van der Waals surface area contributed by atoms with E-state index < -0.39 is 15.9 Å². The van der Waals surface area contributed by atoms with E-state index in [0.29, 0.717) is 5.56 Å². The van der Waals surface area contributed by atoms with Gasteiger partial charge in [0.1, 0.15) is 5.75 Å². The van der Waals surface area contributed by atoms with Gasteiger partial charge in [-0.15, -0.1) is 0 Å². The van der Waals surface area contributed by atoms with E-state index in [2.05, 4.69) is 5.32 Å². The molecule has 0 radical (unpaired) electrons. The van der Waals surface area contributed by atoms with Crippen LogP contribution in [0.2, 0.25) is 0 Å². The van der Waals surface area contributed by atoms with Crippen LogP contribution in [0.15, 0.2) is 53.4 Å². The third-order valence-corrected chi connectivity index (χ3v) is 5.25. The lowest BCUT2D eigenvalue weighted by Crippen LogP contribution is -2.31. The van der Waals surface area contributed by atoms with Crippen LogP contribution in [0, 0.1) is 0 Å². The number of amides is 2. The minimum atomic E-state index is -4.00. The average molecular weight is 374 g/mol. The number of carbonyl (C=O) groups is 2. The Morgan fingerprint density at radius 3 is 2.35 bits per heavy atom. The van der Waals surface area contributed by atoms with Gasteiger partial charge in [0.2, 0.25) is 0 Å². The number of methoxy groups -OCH3 is 1. The highest BCUT2D eigenvalue weighted by atomic mass is 32.2. The highest BCUT2D eigenvalue weighted by Crippen LogP contribution is 2.23. The first-order valence-corrected chi connectivity index (χ1v) is 9.50. The van der Waals surface area contributed by atoms with E-state index in [-0.39, 0.29) is 28.2 Å². The third-order valence-electron chi connectivity index (χ3n) is 3.90. The Hall–Kier alpha value is -2.87. The summed E-state index contributed by atoms with van der Waals surface area (Å²) in [5, 5.41) is 2.84. The highest BCUT2D eigenvalue weighted by molar-refractivity contribution is 7.90. The summed E-state index contributed by atoms with van der Waals surface area (Å²) in [5.41, 5.74) is 0.367. The molecule has 0 unspecified atom stereocenters. The van der Waals surface area contributed by atoms with Crippen molar-refractivity contribution in [1.82, 2.24) is 10.0 Å². The SMILES string of the molecule is COc1cc(C(=O)NC2CC2)ccc1C(=O)NS(=O)(=O)c1ccccc1. The lowest BCUT2D eigenvalue weighted by Gasteiger charge is -2.12. The van der Waals surface area contributed by atoms with Crippen LogP contribution in [-0.2, 0) is 10.0 Å². The van der Waals surface area contributed by atoms with Crippen LogP contribution in [0.3, 0.4) is 0 Å². The van der Waals surface area contributed by atoms with Gasteiger partial charge in [-0.3, -0.25) is 9.59 Å². The van der Waals surface area contributed by atoms with Crippen molar-refractivity contribution in [3.63, 3.8) is 0 Å². The summed E-state index contributed by atoms with van der Waals surface area (Å²) in [6, 6.07) is 12.0. The molecule has 0 heterocycles. The Morgan fingerprint density at radius 2 is 1.73 bits per heavy atom. The topological polar surface area (TPSA) is 102 Å². The molecule has 1 aliphatic carbocycles. The van der Waals surface area contributed by atoms with Crippen molar-refractivity contribution in [3.05, 3.63) is 59.7 Å². The van der Waals surface area contributed by atoms with Gasteiger partial charge in [-0.05, 0) is 43.2 Å². The molecule has 8 heteroatoms. The first-order chi connectivity index (χ1) is 12.4. The lowest BCUT2D eigenvalue weighted by atomic mass is 10.1. The number of hydrogen-bond acceptors (Lipinski definition) is 5. The molecule has 26 heavy (non-hydrogen) atoms. The number of hydrogen-bond donors (Lipinski definition) is 2. The maximum Gasteiger partial charge on any atom is 0.268 e. The van der Waals surface area contributed by atoms with Crippen LogP contribution in [0.5, 0.6) is 5.75 Å². The summed E-state index contributed by atoms with van der Waals surface area (Å²) in [7, 11) is -2.65. The van der Waals surface area contributed by atoms with Crippen molar-refractivity contribution >= 4 is 21.8 Å². The van der Waals surface area contributed by atoms with Gasteiger partial charge in [-0.25, -0.2) is 13.1 Å². The first kappa shape index (κ1) is 17.9. The van der Waals surface area contributed by atoms with E-state index >= 15 is 0 Å². The molecule has 2 amide bonds. The van der Waals surface area contributed by atoms with Crippen LogP contribution in [0.1, 0.15) is 33.6 Å². The second kappa shape index (κ2) is 7.17. The molecule has 0 aliphatic heterocycles. The molecule has 2 aromatic rings. The normalized spacial score (nSPS) is 13.7. The number of nitrogens with one attached hydrogen (secondary N) is 2. The van der Waals surface area contributed by atoms with Crippen molar-refractivity contribution in [1.29, 1.82) is 0 Å². The van der Waals surface area contributed by atoms with Gasteiger partial charge in [0.25, 0.3) is 21.8 Å². The molecule has 7 nitrogen and oxygen atoms in total. The van der Waals surface area contributed by atoms with Crippen molar-refractivity contribution in [2.45, 2.75) is 23.8 Å². The number of rotatable bonds is 6. The molecule has 0 spiro atoms. The summed E-state index contributed by atoms with van der Waals surface area (Å²) in [6.45, 7) is 0. The molecular formula is C18H18N2O5S. The van der Waals surface area contributed by atoms with Gasteiger partial charge in [0.15, 0.2) is 0 Å². The molecule has 3 rings (SSSR count). The smallest absolute Gasteiger partial charge is 0.268 e. The largest absolute Gasteiger partial charge is 0.496 e. The summed E-state index contributed by atoms with van der Waals surface area (Å²) in [6.07, 6.45) is 1.92. The zero-order chi connectivity index (χ0) is 18.7. The van der Waals surface area contributed by atoms with E-state index in [0.717, 1.165) is 12.8 Å². The van der Waals surface area contributed by atoms with Crippen LogP contribution >= 0.6 is 0 Å². The van der Waals surface area contributed by atoms with Crippen molar-refractivity contribution in [2.75, 3.05) is 7.11 Å².